The Kier molecular flexibility index (Phi) is 9.05. The number of aliphatic hydroxyl groups is 2. The molecule has 1 aliphatic carbocycles. The molecule has 4 rings (SSSR count). The number of hydrogen-bond donors (Lipinski definition) is 2. The van der Waals surface area contributed by atoms with Crippen LogP contribution in [0.5, 0.6) is 11.6 Å². The fourth-order valence-corrected chi connectivity index (χ4v) is 6.12. The number of aliphatic hydroxyl groups excluding tert-OH is 1. The maximum absolute atomic E-state index is 13.6. The van der Waals surface area contributed by atoms with Gasteiger partial charge in [0.2, 0.25) is 15.9 Å². The SMILES string of the molecule is COc1ccc(S(=O)(=O)N(C)C[C@@H]2Oc3ncc(C#CC4(O)CCCC4)cc3C(=O)N([C@H](C)CO)C[C@H]2C)cc1. The van der Waals surface area contributed by atoms with Crippen LogP contribution in [0, 0.1) is 17.8 Å². The molecule has 10 nitrogen and oxygen atoms in total. The molecule has 1 amide bonds. The first-order valence-electron chi connectivity index (χ1n) is 13.4. The number of fused-ring (bicyclic) bond motifs is 1. The normalized spacial score (nSPS) is 21.5. The maximum Gasteiger partial charge on any atom is 0.259 e. The zero-order chi connectivity index (χ0) is 29.1. The van der Waals surface area contributed by atoms with Crippen LogP contribution in [0.4, 0.5) is 0 Å². The third-order valence-corrected chi connectivity index (χ3v) is 9.43. The summed E-state index contributed by atoms with van der Waals surface area (Å²) in [6.45, 7) is 3.60. The van der Waals surface area contributed by atoms with Crippen LogP contribution >= 0.6 is 0 Å². The monoisotopic (exact) mass is 571 g/mol. The number of carbonyl (C=O) groups is 1. The lowest BCUT2D eigenvalue weighted by molar-refractivity contribution is 0.0373. The van der Waals surface area contributed by atoms with Crippen LogP contribution in [0.25, 0.3) is 0 Å². The molecule has 0 saturated heterocycles. The molecule has 1 saturated carbocycles. The average Bonchev–Trinajstić information content (AvgIpc) is 3.39. The second-order valence-electron chi connectivity index (χ2n) is 10.6. The molecule has 40 heavy (non-hydrogen) atoms. The quantitative estimate of drug-likeness (QED) is 0.485. The van der Waals surface area contributed by atoms with Crippen molar-refractivity contribution in [3.05, 3.63) is 47.7 Å². The van der Waals surface area contributed by atoms with Gasteiger partial charge in [0.1, 0.15) is 23.0 Å². The highest BCUT2D eigenvalue weighted by Crippen LogP contribution is 2.30. The van der Waals surface area contributed by atoms with Gasteiger partial charge >= 0.3 is 0 Å². The minimum atomic E-state index is -3.84. The molecule has 11 heteroatoms. The number of benzene rings is 1. The molecule has 2 N–H and O–H groups in total. The Morgan fingerprint density at radius 2 is 1.95 bits per heavy atom. The number of carbonyl (C=O) groups excluding carboxylic acids is 1. The van der Waals surface area contributed by atoms with Gasteiger partial charge in [0.05, 0.1) is 31.2 Å². The number of methoxy groups -OCH3 is 1. The highest BCUT2D eigenvalue weighted by Gasteiger charge is 2.36. The minimum absolute atomic E-state index is 0.000769. The number of pyridine rings is 1. The first-order valence-corrected chi connectivity index (χ1v) is 14.9. The zero-order valence-corrected chi connectivity index (χ0v) is 24.1. The lowest BCUT2D eigenvalue weighted by Crippen LogP contribution is -2.50. The van der Waals surface area contributed by atoms with Crippen molar-refractivity contribution in [2.45, 2.75) is 62.2 Å². The van der Waals surface area contributed by atoms with E-state index in [0.29, 0.717) is 24.2 Å². The van der Waals surface area contributed by atoms with Crippen LogP contribution in [0.2, 0.25) is 0 Å². The number of ether oxygens (including phenoxy) is 2. The number of hydrogen-bond acceptors (Lipinski definition) is 8. The highest BCUT2D eigenvalue weighted by atomic mass is 32.2. The summed E-state index contributed by atoms with van der Waals surface area (Å²) in [7, 11) is -0.854. The molecule has 0 bridgehead atoms. The first-order chi connectivity index (χ1) is 19.0. The van der Waals surface area contributed by atoms with Gasteiger partial charge in [-0.25, -0.2) is 13.4 Å². The van der Waals surface area contributed by atoms with E-state index in [0.717, 1.165) is 12.8 Å². The first kappa shape index (κ1) is 29.8. The van der Waals surface area contributed by atoms with Gasteiger partial charge in [0, 0.05) is 31.3 Å². The lowest BCUT2D eigenvalue weighted by Gasteiger charge is -2.37. The van der Waals surface area contributed by atoms with Gasteiger partial charge in [-0.3, -0.25) is 4.79 Å². The largest absolute Gasteiger partial charge is 0.497 e. The molecular weight excluding hydrogens is 534 g/mol. The number of likely N-dealkylation sites (N-methyl/N-ethyl adjacent to an activating group) is 1. The van der Waals surface area contributed by atoms with E-state index >= 15 is 0 Å². The Balaban J connectivity index is 1.65. The summed E-state index contributed by atoms with van der Waals surface area (Å²) in [6.07, 6.45) is 3.87. The predicted octanol–water partition coefficient (Wildman–Crippen LogP) is 2.29. The van der Waals surface area contributed by atoms with Crippen molar-refractivity contribution in [3.8, 4) is 23.5 Å². The average molecular weight is 572 g/mol. The van der Waals surface area contributed by atoms with Crippen LogP contribution in [0.1, 0.15) is 55.5 Å². The van der Waals surface area contributed by atoms with Crippen LogP contribution < -0.4 is 9.47 Å². The van der Waals surface area contributed by atoms with Crippen LogP contribution in [-0.4, -0.2) is 90.3 Å². The van der Waals surface area contributed by atoms with Crippen LogP contribution in [0.3, 0.4) is 0 Å². The Labute approximate surface area is 236 Å². The molecule has 0 unspecified atom stereocenters. The Bertz CT molecular complexity index is 1380. The molecule has 1 fully saturated rings. The Morgan fingerprint density at radius 3 is 2.58 bits per heavy atom. The van der Waals surface area contributed by atoms with Gasteiger partial charge in [-0.1, -0.05) is 18.8 Å². The fraction of sp³-hybridized carbons (Fsp3) is 0.517. The van der Waals surface area contributed by atoms with E-state index in [1.54, 1.807) is 30.0 Å². The van der Waals surface area contributed by atoms with E-state index in [1.807, 2.05) is 6.92 Å². The second-order valence-corrected chi connectivity index (χ2v) is 12.7. The lowest BCUT2D eigenvalue weighted by atomic mass is 10.00. The molecule has 1 aliphatic heterocycles. The molecule has 0 spiro atoms. The molecule has 2 heterocycles. The number of rotatable bonds is 7. The third-order valence-electron chi connectivity index (χ3n) is 7.60. The zero-order valence-electron chi connectivity index (χ0n) is 23.3. The highest BCUT2D eigenvalue weighted by molar-refractivity contribution is 7.89. The van der Waals surface area contributed by atoms with Crippen molar-refractivity contribution in [1.29, 1.82) is 0 Å². The van der Waals surface area contributed by atoms with E-state index in [4.69, 9.17) is 9.47 Å². The summed E-state index contributed by atoms with van der Waals surface area (Å²) in [6, 6.07) is 7.23. The number of aromatic nitrogens is 1. The van der Waals surface area contributed by atoms with Gasteiger partial charge in [-0.2, -0.15) is 4.31 Å². The van der Waals surface area contributed by atoms with E-state index < -0.39 is 27.8 Å². The smallest absolute Gasteiger partial charge is 0.259 e. The molecule has 2 aliphatic rings. The standard InChI is InChI=1S/C29H37N3O7S/c1-20-17-32(21(2)19-33)28(34)25-15-22(11-14-29(35)12-5-6-13-29)16-30-27(25)39-26(20)18-31(3)40(36,37)24-9-7-23(38-4)8-10-24/h7-10,15-16,20-21,26,33,35H,5-6,12-13,17-19H2,1-4H3/t20-,21-,26+/m1/s1. The topological polar surface area (TPSA) is 130 Å². The summed E-state index contributed by atoms with van der Waals surface area (Å²) in [5.41, 5.74) is -0.414. The number of sulfonamides is 1. The third kappa shape index (κ3) is 6.41. The van der Waals surface area contributed by atoms with Crippen LogP contribution in [-0.2, 0) is 10.0 Å². The maximum atomic E-state index is 13.6. The summed E-state index contributed by atoms with van der Waals surface area (Å²) in [5, 5.41) is 20.5. The number of amides is 1. The summed E-state index contributed by atoms with van der Waals surface area (Å²) < 4.78 is 39.2. The van der Waals surface area contributed by atoms with Gasteiger partial charge in [0.15, 0.2) is 0 Å². The summed E-state index contributed by atoms with van der Waals surface area (Å²) >= 11 is 0. The molecule has 216 valence electrons. The molecular formula is C29H37N3O7S. The number of nitrogens with zero attached hydrogens (tertiary/aromatic N) is 3. The van der Waals surface area contributed by atoms with Crippen LogP contribution in [0.15, 0.2) is 41.4 Å². The molecule has 0 radical (unpaired) electrons. The van der Waals surface area contributed by atoms with Gasteiger partial charge in [-0.05, 0) is 62.9 Å². The molecule has 1 aromatic heterocycles. The van der Waals surface area contributed by atoms with Crippen molar-refractivity contribution in [1.82, 2.24) is 14.2 Å². The second kappa shape index (κ2) is 12.1. The van der Waals surface area contributed by atoms with E-state index in [2.05, 4.69) is 16.8 Å². The van der Waals surface area contributed by atoms with Crippen molar-refractivity contribution in [2.75, 3.05) is 33.9 Å². The van der Waals surface area contributed by atoms with Gasteiger partial charge in [-0.15, -0.1) is 0 Å². The van der Waals surface area contributed by atoms with Crippen molar-refractivity contribution in [3.63, 3.8) is 0 Å². The summed E-state index contributed by atoms with van der Waals surface area (Å²) in [4.78, 5) is 19.7. The van der Waals surface area contributed by atoms with Gasteiger partial charge < -0.3 is 24.6 Å². The predicted molar refractivity (Wildman–Crippen MR) is 149 cm³/mol. The molecule has 3 atom stereocenters. The summed E-state index contributed by atoms with van der Waals surface area (Å²) in [5.74, 6) is 5.84. The van der Waals surface area contributed by atoms with Crippen molar-refractivity contribution in [2.24, 2.45) is 5.92 Å². The minimum Gasteiger partial charge on any atom is -0.497 e. The van der Waals surface area contributed by atoms with E-state index in [1.165, 1.54) is 36.8 Å². The van der Waals surface area contributed by atoms with E-state index in [9.17, 15) is 23.4 Å². The molecule has 2 aromatic rings. The van der Waals surface area contributed by atoms with Gasteiger partial charge in [0.25, 0.3) is 5.91 Å². The Morgan fingerprint density at radius 1 is 1.27 bits per heavy atom. The van der Waals surface area contributed by atoms with Crippen molar-refractivity contribution >= 4 is 15.9 Å². The Hall–Kier alpha value is -3.17. The molecule has 1 aromatic carbocycles. The van der Waals surface area contributed by atoms with Crippen molar-refractivity contribution < 1.29 is 32.9 Å². The van der Waals surface area contributed by atoms with E-state index in [-0.39, 0.29) is 47.9 Å². The fourth-order valence-electron chi connectivity index (χ4n) is 4.94.